The minimum atomic E-state index is -1.59. The molecule has 0 heterocycles. The maximum Gasteiger partial charge on any atom is 0.488 e. The van der Waals surface area contributed by atoms with Gasteiger partial charge in [0, 0.05) is 6.54 Å². The molecule has 0 saturated heterocycles. The van der Waals surface area contributed by atoms with E-state index in [4.69, 9.17) is 0 Å². The Balaban J connectivity index is 2.06. The van der Waals surface area contributed by atoms with Crippen LogP contribution in [-0.4, -0.2) is 22.3 Å². The Labute approximate surface area is 112 Å². The van der Waals surface area contributed by atoms with Gasteiger partial charge in [-0.05, 0) is 16.6 Å². The standard InChI is InChI=1S/C14H16BNO3/c17-14(16-10-11-6-2-1-3-7-11)12-8-4-5-9-13(12)15(18)19/h1-9,14,16-19H,10H2. The van der Waals surface area contributed by atoms with E-state index in [0.29, 0.717) is 17.6 Å². The molecule has 0 aliphatic rings. The van der Waals surface area contributed by atoms with Crippen molar-refractivity contribution in [1.82, 2.24) is 5.32 Å². The fourth-order valence-corrected chi connectivity index (χ4v) is 1.92. The van der Waals surface area contributed by atoms with Crippen LogP contribution in [0.15, 0.2) is 54.6 Å². The number of benzene rings is 2. The van der Waals surface area contributed by atoms with E-state index in [2.05, 4.69) is 5.32 Å². The first kappa shape index (κ1) is 13.8. The lowest BCUT2D eigenvalue weighted by molar-refractivity contribution is 0.138. The van der Waals surface area contributed by atoms with E-state index in [0.717, 1.165) is 5.56 Å². The van der Waals surface area contributed by atoms with Gasteiger partial charge >= 0.3 is 7.12 Å². The molecule has 98 valence electrons. The molecule has 4 N–H and O–H groups in total. The van der Waals surface area contributed by atoms with Crippen LogP contribution >= 0.6 is 0 Å². The predicted molar refractivity (Wildman–Crippen MR) is 74.5 cm³/mol. The molecule has 5 heteroatoms. The number of aliphatic hydroxyl groups is 1. The summed E-state index contributed by atoms with van der Waals surface area (Å²) < 4.78 is 0. The van der Waals surface area contributed by atoms with E-state index in [-0.39, 0.29) is 0 Å². The van der Waals surface area contributed by atoms with Crippen molar-refractivity contribution in [3.8, 4) is 0 Å². The van der Waals surface area contributed by atoms with Gasteiger partial charge in [0.05, 0.1) is 0 Å². The Hall–Kier alpha value is -1.66. The zero-order valence-electron chi connectivity index (χ0n) is 10.4. The summed E-state index contributed by atoms with van der Waals surface area (Å²) in [7, 11) is -1.59. The largest absolute Gasteiger partial charge is 0.488 e. The second-order valence-electron chi connectivity index (χ2n) is 4.27. The van der Waals surface area contributed by atoms with Crippen LogP contribution in [-0.2, 0) is 6.54 Å². The molecular weight excluding hydrogens is 241 g/mol. The fourth-order valence-electron chi connectivity index (χ4n) is 1.92. The van der Waals surface area contributed by atoms with Crippen LogP contribution in [0.2, 0.25) is 0 Å². The Kier molecular flexibility index (Phi) is 4.71. The maximum absolute atomic E-state index is 10.1. The lowest BCUT2D eigenvalue weighted by atomic mass is 9.76. The molecule has 4 nitrogen and oxygen atoms in total. The van der Waals surface area contributed by atoms with Crippen molar-refractivity contribution in [3.05, 3.63) is 65.7 Å². The summed E-state index contributed by atoms with van der Waals surface area (Å²) in [5.41, 5.74) is 1.81. The van der Waals surface area contributed by atoms with E-state index in [9.17, 15) is 15.2 Å². The number of aliphatic hydroxyl groups excluding tert-OH is 1. The number of hydrogen-bond acceptors (Lipinski definition) is 4. The Morgan fingerprint density at radius 3 is 2.26 bits per heavy atom. The first-order valence-corrected chi connectivity index (χ1v) is 6.09. The van der Waals surface area contributed by atoms with Crippen LogP contribution in [0.1, 0.15) is 17.4 Å². The molecule has 0 radical (unpaired) electrons. The van der Waals surface area contributed by atoms with Gasteiger partial charge in [-0.2, -0.15) is 0 Å². The number of nitrogens with one attached hydrogen (secondary N) is 1. The molecule has 0 aliphatic heterocycles. The number of hydrogen-bond donors (Lipinski definition) is 4. The van der Waals surface area contributed by atoms with Crippen LogP contribution in [0.4, 0.5) is 0 Å². The van der Waals surface area contributed by atoms with Crippen LogP contribution < -0.4 is 10.8 Å². The van der Waals surface area contributed by atoms with E-state index in [1.54, 1.807) is 24.3 Å². The van der Waals surface area contributed by atoms with E-state index in [1.165, 1.54) is 0 Å². The van der Waals surface area contributed by atoms with Gasteiger partial charge in [-0.25, -0.2) is 0 Å². The highest BCUT2D eigenvalue weighted by Gasteiger charge is 2.19. The van der Waals surface area contributed by atoms with Gasteiger partial charge in [0.15, 0.2) is 0 Å². The maximum atomic E-state index is 10.1. The monoisotopic (exact) mass is 257 g/mol. The Morgan fingerprint density at radius 1 is 0.947 bits per heavy atom. The van der Waals surface area contributed by atoms with Gasteiger partial charge in [-0.1, -0.05) is 54.6 Å². The topological polar surface area (TPSA) is 72.7 Å². The molecule has 1 atom stereocenters. The van der Waals surface area contributed by atoms with Crippen molar-refractivity contribution >= 4 is 12.6 Å². The van der Waals surface area contributed by atoms with Crippen molar-refractivity contribution < 1.29 is 15.2 Å². The van der Waals surface area contributed by atoms with Gasteiger partial charge in [-0.15, -0.1) is 0 Å². The molecule has 0 spiro atoms. The average Bonchev–Trinajstić information content (AvgIpc) is 2.46. The Bertz CT molecular complexity index is 519. The zero-order chi connectivity index (χ0) is 13.7. The van der Waals surface area contributed by atoms with Crippen LogP contribution in [0.3, 0.4) is 0 Å². The van der Waals surface area contributed by atoms with Crippen LogP contribution in [0.25, 0.3) is 0 Å². The van der Waals surface area contributed by atoms with Crippen molar-refractivity contribution in [2.24, 2.45) is 0 Å². The molecular formula is C14H16BNO3. The molecule has 0 bridgehead atoms. The van der Waals surface area contributed by atoms with Gasteiger partial charge in [-0.3, -0.25) is 5.32 Å². The summed E-state index contributed by atoms with van der Waals surface area (Å²) in [5.74, 6) is 0. The minimum Gasteiger partial charge on any atom is -0.423 e. The molecule has 1 unspecified atom stereocenters. The normalized spacial score (nSPS) is 12.2. The van der Waals surface area contributed by atoms with E-state index in [1.807, 2.05) is 30.3 Å². The summed E-state index contributed by atoms with van der Waals surface area (Å²) in [6.45, 7) is 0.498. The van der Waals surface area contributed by atoms with Gasteiger partial charge in [0.2, 0.25) is 0 Å². The van der Waals surface area contributed by atoms with Crippen molar-refractivity contribution in [2.75, 3.05) is 0 Å². The van der Waals surface area contributed by atoms with Crippen LogP contribution in [0, 0.1) is 0 Å². The van der Waals surface area contributed by atoms with Gasteiger partial charge in [0.1, 0.15) is 6.23 Å². The molecule has 0 aliphatic carbocycles. The summed E-state index contributed by atoms with van der Waals surface area (Å²) in [4.78, 5) is 0. The third-order valence-corrected chi connectivity index (χ3v) is 2.91. The second kappa shape index (κ2) is 6.49. The van der Waals surface area contributed by atoms with Crippen molar-refractivity contribution in [2.45, 2.75) is 12.8 Å². The third-order valence-electron chi connectivity index (χ3n) is 2.91. The molecule has 0 amide bonds. The van der Waals surface area contributed by atoms with Crippen molar-refractivity contribution in [1.29, 1.82) is 0 Å². The summed E-state index contributed by atoms with van der Waals surface area (Å²) in [6.07, 6.45) is -0.946. The van der Waals surface area contributed by atoms with Gasteiger partial charge < -0.3 is 15.2 Å². The smallest absolute Gasteiger partial charge is 0.423 e. The summed E-state index contributed by atoms with van der Waals surface area (Å²) in [6, 6.07) is 16.4. The fraction of sp³-hybridized carbons (Fsp3) is 0.143. The summed E-state index contributed by atoms with van der Waals surface area (Å²) in [5, 5.41) is 31.5. The lowest BCUT2D eigenvalue weighted by Crippen LogP contribution is -2.36. The van der Waals surface area contributed by atoms with Crippen molar-refractivity contribution in [3.63, 3.8) is 0 Å². The first-order chi connectivity index (χ1) is 9.18. The van der Waals surface area contributed by atoms with Gasteiger partial charge in [0.25, 0.3) is 0 Å². The molecule has 0 saturated carbocycles. The predicted octanol–water partition coefficient (Wildman–Crippen LogP) is 0.147. The average molecular weight is 257 g/mol. The highest BCUT2D eigenvalue weighted by Crippen LogP contribution is 2.09. The molecule has 0 aromatic heterocycles. The zero-order valence-corrected chi connectivity index (χ0v) is 10.4. The molecule has 2 rings (SSSR count). The molecule has 0 fully saturated rings. The highest BCUT2D eigenvalue weighted by molar-refractivity contribution is 6.59. The SMILES string of the molecule is OB(O)c1ccccc1C(O)NCc1ccccc1. The minimum absolute atomic E-state index is 0.301. The second-order valence-corrected chi connectivity index (χ2v) is 4.27. The quantitative estimate of drug-likeness (QED) is 0.454. The van der Waals surface area contributed by atoms with E-state index < -0.39 is 13.3 Å². The number of rotatable bonds is 5. The molecule has 19 heavy (non-hydrogen) atoms. The molecule has 2 aromatic carbocycles. The lowest BCUT2D eigenvalue weighted by Gasteiger charge is -2.16. The Morgan fingerprint density at radius 2 is 1.58 bits per heavy atom. The van der Waals surface area contributed by atoms with Crippen LogP contribution in [0.5, 0.6) is 0 Å². The highest BCUT2D eigenvalue weighted by atomic mass is 16.4. The molecule has 2 aromatic rings. The van der Waals surface area contributed by atoms with E-state index >= 15 is 0 Å². The summed E-state index contributed by atoms with van der Waals surface area (Å²) >= 11 is 0. The third kappa shape index (κ3) is 3.65. The first-order valence-electron chi connectivity index (χ1n) is 6.09.